The van der Waals surface area contributed by atoms with Crippen LogP contribution in [-0.2, 0) is 18.2 Å². The molecule has 0 unspecified atom stereocenters. The molecule has 0 radical (unpaired) electrons. The molecule has 0 spiro atoms. The van der Waals surface area contributed by atoms with Gasteiger partial charge in [0.05, 0.1) is 12.8 Å². The van der Waals surface area contributed by atoms with E-state index in [-0.39, 0.29) is 41.9 Å². The number of carbonyl (C=O) groups is 2. The molecule has 0 aliphatic heterocycles. The van der Waals surface area contributed by atoms with E-state index in [2.05, 4.69) is 8.58 Å². The molecule has 0 N–H and O–H groups in total. The summed E-state index contributed by atoms with van der Waals surface area (Å²) < 4.78 is 27.1. The molecule has 0 bridgehead atoms. The highest BCUT2D eigenvalue weighted by Crippen LogP contribution is 1.99. The molecule has 13 heavy (non-hydrogen) atoms. The highest BCUT2D eigenvalue weighted by atomic mass is 35.6. The largest absolute Gasteiger partial charge is 0.495 e. The minimum atomic E-state index is -0.721. The summed E-state index contributed by atoms with van der Waals surface area (Å²) in [5, 5.41) is 0. The van der Waals surface area contributed by atoms with Crippen LogP contribution in [-0.4, -0.2) is 11.9 Å². The molecule has 0 aliphatic rings. The molecule has 0 fully saturated rings. The number of hydrogen-bond donors (Lipinski definition) is 0. The van der Waals surface area contributed by atoms with Crippen molar-refractivity contribution in [1.29, 1.82) is 0 Å². The zero-order valence-electron chi connectivity index (χ0n) is 6.33. The summed E-state index contributed by atoms with van der Waals surface area (Å²) in [6.45, 7) is 0. The van der Waals surface area contributed by atoms with E-state index in [4.69, 9.17) is 0 Å². The molecule has 8 heteroatoms. The molecular formula is C5H6Cl2O6. The number of halogens is 2. The zero-order chi connectivity index (χ0) is 10.1. The van der Waals surface area contributed by atoms with Gasteiger partial charge in [-0.25, -0.2) is 9.59 Å². The predicted octanol–water partition coefficient (Wildman–Crippen LogP) is -2.21. The van der Waals surface area contributed by atoms with Crippen LogP contribution in [0.25, 0.3) is 0 Å². The Hall–Kier alpha value is -0.560. The summed E-state index contributed by atoms with van der Waals surface area (Å²) in [6, 6.07) is 0. The van der Waals surface area contributed by atoms with Gasteiger partial charge in [0.2, 0.25) is 0 Å². The van der Waals surface area contributed by atoms with Crippen molar-refractivity contribution >= 4 is 11.9 Å². The third-order valence-corrected chi connectivity index (χ3v) is 1.47. The number of hydrogen-bond acceptors (Lipinski definition) is 6. The summed E-state index contributed by atoms with van der Waals surface area (Å²) in [7, 11) is 0. The lowest BCUT2D eigenvalue weighted by Gasteiger charge is -1.92. The summed E-state index contributed by atoms with van der Waals surface area (Å²) in [5.74, 6) is -1.44. The van der Waals surface area contributed by atoms with E-state index in [0.717, 1.165) is 0 Å². The van der Waals surface area contributed by atoms with Crippen LogP contribution in [0.5, 0.6) is 0 Å². The van der Waals surface area contributed by atoms with Gasteiger partial charge in [0.1, 0.15) is 0 Å². The number of carbonyl (C=O) groups excluding carboxylic acids is 2. The van der Waals surface area contributed by atoms with Crippen LogP contribution in [0.2, 0.25) is 0 Å². The summed E-state index contributed by atoms with van der Waals surface area (Å²) in [5.41, 5.74) is 0. The first kappa shape index (κ1) is 12.4. The maximum absolute atomic E-state index is 10.5. The minimum absolute atomic E-state index is 0.0678. The van der Waals surface area contributed by atoms with Gasteiger partial charge in [0.25, 0.3) is 0 Å². The van der Waals surface area contributed by atoms with E-state index in [9.17, 15) is 18.9 Å². The summed E-state index contributed by atoms with van der Waals surface area (Å²) in [4.78, 5) is 21.0. The maximum Gasteiger partial charge on any atom is 0.396 e. The van der Waals surface area contributed by atoms with Gasteiger partial charge < -0.3 is 9.32 Å². The third-order valence-electron chi connectivity index (χ3n) is 0.997. The Labute approximate surface area is 81.9 Å². The lowest BCUT2D eigenvalue weighted by Crippen LogP contribution is -2.13. The van der Waals surface area contributed by atoms with Gasteiger partial charge in [-0.3, -0.25) is 0 Å². The first-order valence-corrected chi connectivity index (χ1v) is 4.38. The van der Waals surface area contributed by atoms with Crippen molar-refractivity contribution in [1.82, 2.24) is 0 Å². The van der Waals surface area contributed by atoms with Crippen molar-refractivity contribution in [2.75, 3.05) is 0 Å². The predicted molar refractivity (Wildman–Crippen MR) is 26.0 cm³/mol. The molecule has 0 aromatic rings. The average molecular weight is 233 g/mol. The molecule has 0 saturated heterocycles. The molecule has 0 saturated carbocycles. The SMILES string of the molecule is O=C(CCCC(=O)O[Cl+][O-])O[Cl+][O-]. The van der Waals surface area contributed by atoms with Crippen LogP contribution in [0.15, 0.2) is 0 Å². The topological polar surface area (TPSA) is 98.7 Å². The van der Waals surface area contributed by atoms with E-state index < -0.39 is 11.9 Å². The van der Waals surface area contributed by atoms with Crippen molar-refractivity contribution in [2.24, 2.45) is 0 Å². The Morgan fingerprint density at radius 2 is 1.38 bits per heavy atom. The summed E-state index contributed by atoms with van der Waals surface area (Å²) >= 11 is 0.247. The fourth-order valence-corrected chi connectivity index (χ4v) is 0.819. The first-order valence-electron chi connectivity index (χ1n) is 3.14. The smallest absolute Gasteiger partial charge is 0.396 e. The fraction of sp³-hybridized carbons (Fsp3) is 0.600. The standard InChI is InChI=1S/C5H6Cl2O6/c8-4(12-6-10)2-1-3-5(9)13-7-11/h1-3H2. The van der Waals surface area contributed by atoms with Gasteiger partial charge in [-0.1, -0.05) is 0 Å². The van der Waals surface area contributed by atoms with Crippen molar-refractivity contribution < 1.29 is 50.1 Å². The second-order valence-corrected chi connectivity index (χ2v) is 2.44. The Bertz CT molecular complexity index is 154. The summed E-state index contributed by atoms with van der Waals surface area (Å²) in [6.07, 6.45) is 0.0398. The molecule has 0 aliphatic carbocycles. The molecule has 0 heterocycles. The fourth-order valence-electron chi connectivity index (χ4n) is 0.524. The van der Waals surface area contributed by atoms with E-state index >= 15 is 0 Å². The third kappa shape index (κ3) is 7.79. The van der Waals surface area contributed by atoms with Crippen LogP contribution in [0.1, 0.15) is 19.3 Å². The minimum Gasteiger partial charge on any atom is -0.495 e. The maximum atomic E-state index is 10.5. The second-order valence-electron chi connectivity index (χ2n) is 1.88. The molecule has 0 aromatic carbocycles. The molecule has 0 atom stereocenters. The van der Waals surface area contributed by atoms with Crippen molar-refractivity contribution in [3.63, 3.8) is 0 Å². The quantitative estimate of drug-likeness (QED) is 0.515. The van der Waals surface area contributed by atoms with Crippen molar-refractivity contribution in [2.45, 2.75) is 19.3 Å². The van der Waals surface area contributed by atoms with Gasteiger partial charge in [0, 0.05) is 0 Å². The van der Waals surface area contributed by atoms with Gasteiger partial charge >= 0.3 is 34.6 Å². The van der Waals surface area contributed by atoms with E-state index in [0.29, 0.717) is 0 Å². The van der Waals surface area contributed by atoms with E-state index in [1.165, 1.54) is 0 Å². The highest BCUT2D eigenvalue weighted by Gasteiger charge is 2.12. The molecule has 0 rings (SSSR count). The Morgan fingerprint density at radius 3 is 1.69 bits per heavy atom. The van der Waals surface area contributed by atoms with Crippen molar-refractivity contribution in [3.8, 4) is 0 Å². The molecule has 0 amide bonds. The van der Waals surface area contributed by atoms with Crippen LogP contribution < -0.4 is 9.32 Å². The van der Waals surface area contributed by atoms with E-state index in [1.807, 2.05) is 0 Å². The van der Waals surface area contributed by atoms with Gasteiger partial charge in [-0.15, -0.1) is 0 Å². The van der Waals surface area contributed by atoms with Gasteiger partial charge in [-0.05, 0) is 6.42 Å². The highest BCUT2D eigenvalue weighted by molar-refractivity contribution is 5.71. The average Bonchev–Trinajstić information content (AvgIpc) is 2.05. The lowest BCUT2D eigenvalue weighted by atomic mass is 10.2. The van der Waals surface area contributed by atoms with Gasteiger partial charge in [0.15, 0.2) is 0 Å². The van der Waals surface area contributed by atoms with Crippen LogP contribution >= 0.6 is 0 Å². The molecular weight excluding hydrogens is 227 g/mol. The molecule has 6 nitrogen and oxygen atoms in total. The Kier molecular flexibility index (Phi) is 7.71. The normalized spacial score (nSPS) is 9.38. The molecule has 0 aromatic heterocycles. The first-order chi connectivity index (χ1) is 6.20. The monoisotopic (exact) mass is 232 g/mol. The van der Waals surface area contributed by atoms with Gasteiger partial charge in [-0.2, -0.15) is 8.58 Å². The lowest BCUT2D eigenvalue weighted by molar-refractivity contribution is -1.26. The second kappa shape index (κ2) is 8.06. The zero-order valence-corrected chi connectivity index (χ0v) is 7.84. The Morgan fingerprint density at radius 1 is 1.00 bits per heavy atom. The van der Waals surface area contributed by atoms with E-state index in [1.54, 1.807) is 0 Å². The Balaban J connectivity index is 3.33. The van der Waals surface area contributed by atoms with Crippen LogP contribution in [0.3, 0.4) is 0 Å². The van der Waals surface area contributed by atoms with Crippen molar-refractivity contribution in [3.05, 3.63) is 0 Å². The van der Waals surface area contributed by atoms with Crippen LogP contribution in [0, 0.1) is 22.7 Å². The number of rotatable bonds is 6. The molecule has 76 valence electrons. The van der Waals surface area contributed by atoms with Crippen LogP contribution in [0.4, 0.5) is 0 Å².